The predicted molar refractivity (Wildman–Crippen MR) is 125 cm³/mol. The Hall–Kier alpha value is -3.56. The minimum absolute atomic E-state index is 0.00846. The van der Waals surface area contributed by atoms with Gasteiger partial charge >= 0.3 is 0 Å². The normalized spacial score (nSPS) is 20.2. The second-order valence-corrected chi connectivity index (χ2v) is 8.96. The van der Waals surface area contributed by atoms with Crippen LogP contribution in [0.4, 0.5) is 11.4 Å². The maximum absolute atomic E-state index is 13.7. The molecule has 2 aliphatic rings. The van der Waals surface area contributed by atoms with E-state index in [9.17, 15) is 9.59 Å². The van der Waals surface area contributed by atoms with Crippen molar-refractivity contribution in [2.45, 2.75) is 50.2 Å². The minimum atomic E-state index is -0.0960. The van der Waals surface area contributed by atoms with Crippen molar-refractivity contribution >= 4 is 28.3 Å². The van der Waals surface area contributed by atoms with Gasteiger partial charge in [-0.25, -0.2) is 4.98 Å². The van der Waals surface area contributed by atoms with Crippen molar-refractivity contribution in [2.75, 3.05) is 19.5 Å². The van der Waals surface area contributed by atoms with Crippen LogP contribution in [0.3, 0.4) is 0 Å². The van der Waals surface area contributed by atoms with Gasteiger partial charge in [-0.05, 0) is 38.2 Å². The summed E-state index contributed by atoms with van der Waals surface area (Å²) in [5, 5.41) is 7.70. The molecule has 2 unspecified atom stereocenters. The van der Waals surface area contributed by atoms with E-state index < -0.39 is 0 Å². The van der Waals surface area contributed by atoms with Crippen molar-refractivity contribution in [2.24, 2.45) is 7.05 Å². The quantitative estimate of drug-likeness (QED) is 0.555. The van der Waals surface area contributed by atoms with E-state index in [-0.39, 0.29) is 23.6 Å². The summed E-state index contributed by atoms with van der Waals surface area (Å²) in [4.78, 5) is 32.1. The van der Waals surface area contributed by atoms with Crippen LogP contribution in [0.25, 0.3) is 11.0 Å². The fraction of sp³-hybridized carbons (Fsp3) is 0.478. The summed E-state index contributed by atoms with van der Waals surface area (Å²) in [6.45, 7) is 3.59. The van der Waals surface area contributed by atoms with Crippen LogP contribution in [0.1, 0.15) is 44.2 Å². The average molecular weight is 452 g/mol. The number of aromatic nitrogens is 5. The number of pyridine rings is 1. The van der Waals surface area contributed by atoms with Crippen LogP contribution in [-0.2, 0) is 11.8 Å². The van der Waals surface area contributed by atoms with Gasteiger partial charge < -0.3 is 24.1 Å². The predicted octanol–water partition coefficient (Wildman–Crippen LogP) is 2.76. The summed E-state index contributed by atoms with van der Waals surface area (Å²) in [6.07, 6.45) is 11.3. The molecule has 33 heavy (non-hydrogen) atoms. The van der Waals surface area contributed by atoms with Crippen molar-refractivity contribution in [3.8, 4) is 5.88 Å². The van der Waals surface area contributed by atoms with Crippen molar-refractivity contribution in [3.63, 3.8) is 0 Å². The number of carbonyl (C=O) groups is 1. The molecule has 0 aliphatic heterocycles. The number of likely N-dealkylation sites (N-methyl/N-ethyl adjacent to an activating group) is 1. The molecule has 5 rings (SSSR count). The molecule has 0 radical (unpaired) electrons. The number of hydrogen-bond acceptors (Lipinski definition) is 6. The molecule has 3 aromatic heterocycles. The maximum atomic E-state index is 13.7. The van der Waals surface area contributed by atoms with E-state index >= 15 is 0 Å². The number of nitrogens with one attached hydrogen (secondary N) is 1. The number of rotatable bonds is 7. The molecule has 0 bridgehead atoms. The Bertz CT molecular complexity index is 1280. The minimum Gasteiger partial charge on any atom is -0.478 e. The summed E-state index contributed by atoms with van der Waals surface area (Å²) in [5.41, 5.74) is 2.65. The van der Waals surface area contributed by atoms with Crippen molar-refractivity contribution in [1.82, 2.24) is 28.8 Å². The highest BCUT2D eigenvalue weighted by Gasteiger charge is 2.33. The lowest BCUT2D eigenvalue weighted by Gasteiger charge is -2.24. The molecule has 2 aliphatic carbocycles. The number of fused-ring (bicyclic) bond motifs is 1. The average Bonchev–Trinajstić information content (AvgIpc) is 3.22. The number of nitrogens with zero attached hydrogens (tertiary/aromatic N) is 6. The molecule has 3 heterocycles. The number of aryl methyl sites for hydroxylation is 1. The number of carbonyl (C=O) groups excluding carboxylic acids is 1. The first-order valence-corrected chi connectivity index (χ1v) is 11.3. The van der Waals surface area contributed by atoms with Crippen LogP contribution in [0.5, 0.6) is 5.88 Å². The van der Waals surface area contributed by atoms with Gasteiger partial charge in [0.25, 0.3) is 11.4 Å². The number of amides is 1. The highest BCUT2D eigenvalue weighted by molar-refractivity contribution is 5.90. The van der Waals surface area contributed by atoms with Gasteiger partial charge in [0.15, 0.2) is 0 Å². The lowest BCUT2D eigenvalue weighted by molar-refractivity contribution is -0.126. The largest absolute Gasteiger partial charge is 0.478 e. The Kier molecular flexibility index (Phi) is 5.22. The monoisotopic (exact) mass is 451 g/mol. The summed E-state index contributed by atoms with van der Waals surface area (Å²) < 4.78 is 10.9. The molecule has 174 valence electrons. The molecule has 2 atom stereocenters. The van der Waals surface area contributed by atoms with Gasteiger partial charge in [-0.15, -0.1) is 5.10 Å². The molecule has 2 fully saturated rings. The first-order chi connectivity index (χ1) is 15.9. The highest BCUT2D eigenvalue weighted by Crippen LogP contribution is 2.39. The fourth-order valence-electron chi connectivity index (χ4n) is 4.86. The van der Waals surface area contributed by atoms with Crippen LogP contribution in [0.15, 0.2) is 36.2 Å². The zero-order valence-electron chi connectivity index (χ0n) is 19.2. The van der Waals surface area contributed by atoms with Gasteiger partial charge in [0.2, 0.25) is 5.91 Å². The number of anilines is 2. The molecule has 0 spiro atoms. The Morgan fingerprint density at radius 3 is 2.67 bits per heavy atom. The molecule has 2 saturated carbocycles. The third kappa shape index (κ3) is 3.69. The van der Waals surface area contributed by atoms with E-state index in [2.05, 4.69) is 22.0 Å². The summed E-state index contributed by atoms with van der Waals surface area (Å²) in [5.74, 6) is 0.372. The zero-order chi connectivity index (χ0) is 23.3. The molecule has 1 amide bonds. The molecule has 10 nitrogen and oxygen atoms in total. The third-order valence-corrected chi connectivity index (χ3v) is 6.79. The maximum Gasteiger partial charge on any atom is 0.277 e. The van der Waals surface area contributed by atoms with Crippen LogP contribution in [-0.4, -0.2) is 54.9 Å². The summed E-state index contributed by atoms with van der Waals surface area (Å²) >= 11 is 0. The molecule has 10 heteroatoms. The molecule has 1 N–H and O–H groups in total. The molecular formula is C23H29N7O3. The summed E-state index contributed by atoms with van der Waals surface area (Å²) in [6, 6.07) is 0.393. The van der Waals surface area contributed by atoms with Gasteiger partial charge in [0.05, 0.1) is 25.3 Å². The number of methoxy groups -OCH3 is 1. The third-order valence-electron chi connectivity index (χ3n) is 6.79. The van der Waals surface area contributed by atoms with Gasteiger partial charge in [0, 0.05) is 38.4 Å². The van der Waals surface area contributed by atoms with Gasteiger partial charge in [-0.1, -0.05) is 6.58 Å². The van der Waals surface area contributed by atoms with Crippen LogP contribution >= 0.6 is 0 Å². The fourth-order valence-corrected chi connectivity index (χ4v) is 4.86. The van der Waals surface area contributed by atoms with Gasteiger partial charge in [-0.2, -0.15) is 0 Å². The van der Waals surface area contributed by atoms with E-state index in [4.69, 9.17) is 4.74 Å². The van der Waals surface area contributed by atoms with E-state index in [1.165, 1.54) is 6.08 Å². The Balaban J connectivity index is 1.57. The number of hydrogen-bond donors (Lipinski definition) is 1. The van der Waals surface area contributed by atoms with Crippen LogP contribution < -0.4 is 15.6 Å². The Morgan fingerprint density at radius 1 is 1.21 bits per heavy atom. The van der Waals surface area contributed by atoms with E-state index in [0.29, 0.717) is 35.1 Å². The lowest BCUT2D eigenvalue weighted by atomic mass is 10.2. The van der Waals surface area contributed by atoms with Crippen molar-refractivity contribution in [1.29, 1.82) is 0 Å². The molecule has 3 aromatic rings. The van der Waals surface area contributed by atoms with Gasteiger partial charge in [-0.3, -0.25) is 14.3 Å². The van der Waals surface area contributed by atoms with E-state index in [1.54, 1.807) is 30.1 Å². The lowest BCUT2D eigenvalue weighted by Crippen LogP contribution is -2.34. The summed E-state index contributed by atoms with van der Waals surface area (Å²) in [7, 11) is 5.20. The van der Waals surface area contributed by atoms with Crippen molar-refractivity contribution in [3.05, 3.63) is 41.7 Å². The Labute approximate surface area is 191 Å². The number of imidazole rings is 1. The van der Waals surface area contributed by atoms with Crippen LogP contribution in [0, 0.1) is 0 Å². The highest BCUT2D eigenvalue weighted by atomic mass is 16.5. The van der Waals surface area contributed by atoms with Crippen molar-refractivity contribution < 1.29 is 9.53 Å². The van der Waals surface area contributed by atoms with Crippen LogP contribution in [0.2, 0.25) is 0 Å². The first-order valence-electron chi connectivity index (χ1n) is 11.3. The SMILES string of the molecule is C=CC(=O)N(C)C1CCC(n2cc(Nc3cn(C)nc3OC)c3ncn(C4CC4)c3c2=O)C1. The van der Waals surface area contributed by atoms with E-state index in [0.717, 1.165) is 31.4 Å². The van der Waals surface area contributed by atoms with E-state index in [1.807, 2.05) is 28.6 Å². The standard InChI is InChI=1S/C23H29N7O3/c1-5-19(31)28(3)15-8-9-16(10-15)29-12-17(25-18-11-27(2)26-22(18)33-4)20-21(23(29)32)30(13-24-20)14-6-7-14/h5,11-16,25H,1,6-10H2,2-4H3. The van der Waals surface area contributed by atoms with Gasteiger partial charge in [0.1, 0.15) is 16.7 Å². The second-order valence-electron chi connectivity index (χ2n) is 8.96. The number of ether oxygens (including phenoxy) is 1. The smallest absolute Gasteiger partial charge is 0.277 e. The molecule has 0 saturated heterocycles. The Morgan fingerprint density at radius 2 is 1.97 bits per heavy atom. The molecule has 0 aromatic carbocycles. The molecular weight excluding hydrogens is 422 g/mol. The zero-order valence-corrected chi connectivity index (χ0v) is 19.2. The topological polar surface area (TPSA) is 99.2 Å². The first kappa shape index (κ1) is 21.3. The second kappa shape index (κ2) is 8.09.